The maximum Gasteiger partial charge on any atom is 0.299 e. The molecule has 8 nitrogen and oxygen atoms in total. The minimum Gasteiger partial charge on any atom is -0.367 e. The van der Waals surface area contributed by atoms with Gasteiger partial charge in [-0.05, 0) is 12.1 Å². The Hall–Kier alpha value is -2.65. The molecular formula is C10H10F2N8. The summed E-state index contributed by atoms with van der Waals surface area (Å²) in [6, 6.07) is 3.23. The minimum atomic E-state index is -2.72. The van der Waals surface area contributed by atoms with Crippen LogP contribution < -0.4 is 5.32 Å². The van der Waals surface area contributed by atoms with Crippen molar-refractivity contribution in [2.45, 2.75) is 13.0 Å². The fourth-order valence-corrected chi connectivity index (χ4v) is 1.69. The maximum absolute atomic E-state index is 12.7. The van der Waals surface area contributed by atoms with Gasteiger partial charge < -0.3 is 5.32 Å². The second-order valence-electron chi connectivity index (χ2n) is 3.94. The van der Waals surface area contributed by atoms with E-state index in [2.05, 4.69) is 30.9 Å². The average Bonchev–Trinajstić information content (AvgIpc) is 3.06. The zero-order valence-corrected chi connectivity index (χ0v) is 10.2. The van der Waals surface area contributed by atoms with E-state index in [1.807, 2.05) is 0 Å². The Balaban J connectivity index is 1.73. The van der Waals surface area contributed by atoms with Crippen molar-refractivity contribution < 1.29 is 8.78 Å². The monoisotopic (exact) mass is 280 g/mol. The number of anilines is 1. The molecule has 0 radical (unpaired) electrons. The molecule has 0 aliphatic rings. The zero-order chi connectivity index (χ0) is 13.9. The van der Waals surface area contributed by atoms with Crippen molar-refractivity contribution in [2.24, 2.45) is 0 Å². The van der Waals surface area contributed by atoms with Crippen LogP contribution in [-0.2, 0) is 6.54 Å². The van der Waals surface area contributed by atoms with Gasteiger partial charge in [-0.15, -0.1) is 20.4 Å². The van der Waals surface area contributed by atoms with Crippen LogP contribution >= 0.6 is 0 Å². The van der Waals surface area contributed by atoms with Gasteiger partial charge in [-0.25, -0.2) is 8.78 Å². The van der Waals surface area contributed by atoms with Crippen LogP contribution in [0, 0.1) is 0 Å². The highest BCUT2D eigenvalue weighted by Crippen LogP contribution is 2.17. The smallest absolute Gasteiger partial charge is 0.299 e. The van der Waals surface area contributed by atoms with Crippen molar-refractivity contribution in [3.8, 4) is 0 Å². The van der Waals surface area contributed by atoms with Gasteiger partial charge in [0.2, 0.25) is 5.82 Å². The number of alkyl halides is 2. The lowest BCUT2D eigenvalue weighted by atomic mass is 10.5. The molecule has 0 aromatic carbocycles. The molecule has 0 fully saturated rings. The normalized spacial score (nSPS) is 11.3. The molecule has 1 N–H and O–H groups in total. The molecule has 0 bridgehead atoms. The quantitative estimate of drug-likeness (QED) is 0.742. The van der Waals surface area contributed by atoms with E-state index in [0.29, 0.717) is 18.9 Å². The molecule has 104 valence electrons. The van der Waals surface area contributed by atoms with Gasteiger partial charge in [0.15, 0.2) is 5.65 Å². The molecule has 0 amide bonds. The molecule has 0 aliphatic heterocycles. The number of rotatable bonds is 5. The Morgan fingerprint density at radius 3 is 2.90 bits per heavy atom. The van der Waals surface area contributed by atoms with Gasteiger partial charge in [-0.2, -0.15) is 4.52 Å². The number of hydrogen-bond acceptors (Lipinski definition) is 6. The predicted octanol–water partition coefficient (Wildman–Crippen LogP) is 0.765. The van der Waals surface area contributed by atoms with Gasteiger partial charge >= 0.3 is 0 Å². The number of nitrogens with one attached hydrogen (secondary N) is 1. The Bertz CT molecular complexity index is 692. The third kappa shape index (κ3) is 2.39. The van der Waals surface area contributed by atoms with E-state index >= 15 is 0 Å². The van der Waals surface area contributed by atoms with Crippen LogP contribution in [0.15, 0.2) is 24.5 Å². The van der Waals surface area contributed by atoms with E-state index in [0.717, 1.165) is 4.52 Å². The van der Waals surface area contributed by atoms with Crippen molar-refractivity contribution in [3.05, 3.63) is 30.4 Å². The van der Waals surface area contributed by atoms with Gasteiger partial charge in [-0.1, -0.05) is 5.21 Å². The lowest BCUT2D eigenvalue weighted by Crippen LogP contribution is -2.13. The standard InChI is InChI=1S/C10H10F2N8/c11-9(12)10-16-15-8-2-1-7(17-20(8)10)13-3-5-19-6-4-14-18-19/h1-2,4,6,9H,3,5H2,(H,13,17). The average molecular weight is 280 g/mol. The van der Waals surface area contributed by atoms with E-state index in [9.17, 15) is 8.78 Å². The topological polar surface area (TPSA) is 85.8 Å². The largest absolute Gasteiger partial charge is 0.367 e. The molecule has 0 spiro atoms. The number of halogens is 2. The van der Waals surface area contributed by atoms with Crippen molar-refractivity contribution >= 4 is 11.5 Å². The molecule has 3 rings (SSSR count). The molecule has 3 heterocycles. The summed E-state index contributed by atoms with van der Waals surface area (Å²) in [5.41, 5.74) is 0.280. The molecule has 0 saturated heterocycles. The van der Waals surface area contributed by atoms with E-state index < -0.39 is 12.2 Å². The summed E-state index contributed by atoms with van der Waals surface area (Å²) in [5.74, 6) is -0.0146. The summed E-state index contributed by atoms with van der Waals surface area (Å²) in [6.45, 7) is 1.12. The van der Waals surface area contributed by atoms with Crippen molar-refractivity contribution in [2.75, 3.05) is 11.9 Å². The first-order valence-electron chi connectivity index (χ1n) is 5.82. The minimum absolute atomic E-state index is 0.280. The van der Waals surface area contributed by atoms with Crippen LogP contribution in [0.5, 0.6) is 0 Å². The fraction of sp³-hybridized carbons (Fsp3) is 0.300. The fourth-order valence-electron chi connectivity index (χ4n) is 1.69. The van der Waals surface area contributed by atoms with E-state index in [-0.39, 0.29) is 5.65 Å². The van der Waals surface area contributed by atoms with Crippen LogP contribution in [0.3, 0.4) is 0 Å². The predicted molar refractivity (Wildman–Crippen MR) is 64.3 cm³/mol. The number of fused-ring (bicyclic) bond motifs is 1. The van der Waals surface area contributed by atoms with Crippen LogP contribution in [0.1, 0.15) is 12.2 Å². The van der Waals surface area contributed by atoms with Gasteiger partial charge in [0.1, 0.15) is 5.82 Å². The molecule has 0 unspecified atom stereocenters. The van der Waals surface area contributed by atoms with E-state index in [1.54, 1.807) is 29.2 Å². The highest BCUT2D eigenvalue weighted by molar-refractivity contribution is 5.43. The highest BCUT2D eigenvalue weighted by Gasteiger charge is 2.16. The molecule has 20 heavy (non-hydrogen) atoms. The van der Waals surface area contributed by atoms with E-state index in [4.69, 9.17) is 0 Å². The summed E-state index contributed by atoms with van der Waals surface area (Å²) in [7, 11) is 0. The van der Waals surface area contributed by atoms with Gasteiger partial charge in [0.25, 0.3) is 6.43 Å². The second-order valence-corrected chi connectivity index (χ2v) is 3.94. The molecule has 3 aromatic heterocycles. The summed E-state index contributed by atoms with van der Waals surface area (Å²) in [4.78, 5) is 0. The molecule has 10 heteroatoms. The van der Waals surface area contributed by atoms with E-state index in [1.165, 1.54) is 0 Å². The molecular weight excluding hydrogens is 270 g/mol. The number of nitrogens with zero attached hydrogens (tertiary/aromatic N) is 7. The van der Waals surface area contributed by atoms with Crippen LogP contribution in [0.2, 0.25) is 0 Å². The SMILES string of the molecule is FC(F)c1nnc2ccc(NCCn3ccnn3)nn12. The van der Waals surface area contributed by atoms with Gasteiger partial charge in [0, 0.05) is 12.7 Å². The van der Waals surface area contributed by atoms with Gasteiger partial charge in [0.05, 0.1) is 12.7 Å². The van der Waals surface area contributed by atoms with Crippen molar-refractivity contribution in [3.63, 3.8) is 0 Å². The summed E-state index contributed by atoms with van der Waals surface area (Å²) >= 11 is 0. The highest BCUT2D eigenvalue weighted by atomic mass is 19.3. The first kappa shape index (κ1) is 12.4. The number of aromatic nitrogens is 7. The molecule has 0 atom stereocenters. The summed E-state index contributed by atoms with van der Waals surface area (Å²) in [5, 5.41) is 21.6. The Morgan fingerprint density at radius 2 is 2.15 bits per heavy atom. The number of hydrogen-bond donors (Lipinski definition) is 1. The third-order valence-corrected chi connectivity index (χ3v) is 2.60. The first-order valence-corrected chi connectivity index (χ1v) is 5.82. The Labute approximate surface area is 111 Å². The third-order valence-electron chi connectivity index (χ3n) is 2.60. The molecule has 0 aliphatic carbocycles. The Morgan fingerprint density at radius 1 is 1.25 bits per heavy atom. The molecule has 3 aromatic rings. The second kappa shape index (κ2) is 5.15. The Kier molecular flexibility index (Phi) is 3.19. The summed E-state index contributed by atoms with van der Waals surface area (Å²) < 4.78 is 28.1. The van der Waals surface area contributed by atoms with Crippen LogP contribution in [-0.4, -0.2) is 41.4 Å². The molecule has 0 saturated carbocycles. The lowest BCUT2D eigenvalue weighted by Gasteiger charge is -2.06. The van der Waals surface area contributed by atoms with Crippen LogP contribution in [0.25, 0.3) is 5.65 Å². The van der Waals surface area contributed by atoms with Gasteiger partial charge in [-0.3, -0.25) is 4.68 Å². The van der Waals surface area contributed by atoms with Crippen molar-refractivity contribution in [1.82, 2.24) is 34.8 Å². The van der Waals surface area contributed by atoms with Crippen LogP contribution in [0.4, 0.5) is 14.6 Å². The first-order chi connectivity index (χ1) is 9.74. The zero-order valence-electron chi connectivity index (χ0n) is 10.2. The lowest BCUT2D eigenvalue weighted by molar-refractivity contribution is 0.137. The summed E-state index contributed by atoms with van der Waals surface area (Å²) in [6.07, 6.45) is 0.589. The maximum atomic E-state index is 12.7. The van der Waals surface area contributed by atoms with Crippen molar-refractivity contribution in [1.29, 1.82) is 0 Å².